The molecule has 1 aromatic heterocycles. The molecule has 2 fully saturated rings. The van der Waals surface area contributed by atoms with Crippen molar-refractivity contribution in [3.8, 4) is 5.75 Å². The number of ketones is 3. The van der Waals surface area contributed by atoms with Gasteiger partial charge in [-0.25, -0.2) is 0 Å². The number of benzene rings is 1. The molecule has 2 aromatic rings. The smallest absolute Gasteiger partial charge is 0.312 e. The Morgan fingerprint density at radius 3 is 2.56 bits per heavy atom. The Balaban J connectivity index is 1.48. The molecule has 0 aliphatic heterocycles. The lowest BCUT2D eigenvalue weighted by molar-refractivity contribution is -0.153. The topological polar surface area (TPSA) is 132 Å². The van der Waals surface area contributed by atoms with Crippen LogP contribution in [0.5, 0.6) is 5.75 Å². The monoisotopic (exact) mass is 566 g/mol. The molecule has 0 saturated heterocycles. The number of carbonyl (C=O) groups excluding carboxylic acids is 5. The van der Waals surface area contributed by atoms with E-state index >= 15 is 0 Å². The lowest BCUT2D eigenvalue weighted by Gasteiger charge is -2.27. The van der Waals surface area contributed by atoms with Crippen LogP contribution in [-0.4, -0.2) is 54.0 Å². The predicted octanol–water partition coefficient (Wildman–Crippen LogP) is 4.96. The van der Waals surface area contributed by atoms with E-state index in [2.05, 4.69) is 10.3 Å². The Morgan fingerprint density at radius 1 is 1.15 bits per heavy atom. The molecule has 0 unspecified atom stereocenters. The number of esters is 1. The minimum Gasteiger partial charge on any atom is -0.496 e. The summed E-state index contributed by atoms with van der Waals surface area (Å²) in [6.07, 6.45) is 4.86. The van der Waals surface area contributed by atoms with E-state index in [0.29, 0.717) is 30.7 Å². The molecule has 0 radical (unpaired) electrons. The summed E-state index contributed by atoms with van der Waals surface area (Å²) >= 11 is 0. The fourth-order valence-electron chi connectivity index (χ4n) is 5.59. The molecular formula is C32H42N2O7. The SMILES string of the molecule is COc1cccc2[nH]c(C(=O)C[C@@H](CC(C)C)C(=O)N[C@@H](C[C@@H]3CCCCC3=O)C(=O)COC(=O)C3(C)CC3)cc12. The van der Waals surface area contributed by atoms with Gasteiger partial charge in [0, 0.05) is 35.6 Å². The summed E-state index contributed by atoms with van der Waals surface area (Å²) in [6.45, 7) is 5.29. The highest BCUT2D eigenvalue weighted by Gasteiger charge is 2.47. The van der Waals surface area contributed by atoms with Gasteiger partial charge in [-0.05, 0) is 69.6 Å². The summed E-state index contributed by atoms with van der Waals surface area (Å²) in [5, 5.41) is 3.63. The van der Waals surface area contributed by atoms with Gasteiger partial charge in [-0.15, -0.1) is 0 Å². The van der Waals surface area contributed by atoms with Gasteiger partial charge in [0.25, 0.3) is 0 Å². The van der Waals surface area contributed by atoms with E-state index in [1.54, 1.807) is 20.1 Å². The zero-order valence-electron chi connectivity index (χ0n) is 24.5. The summed E-state index contributed by atoms with van der Waals surface area (Å²) in [5.74, 6) is -1.64. The molecule has 3 atom stereocenters. The Hall–Kier alpha value is -3.49. The van der Waals surface area contributed by atoms with Crippen LogP contribution in [0, 0.1) is 23.2 Å². The first-order valence-electron chi connectivity index (χ1n) is 14.7. The maximum atomic E-state index is 13.6. The van der Waals surface area contributed by atoms with Gasteiger partial charge in [-0.1, -0.05) is 26.3 Å². The average Bonchev–Trinajstić information content (AvgIpc) is 3.54. The zero-order chi connectivity index (χ0) is 29.7. The summed E-state index contributed by atoms with van der Waals surface area (Å²) in [4.78, 5) is 68.3. The van der Waals surface area contributed by atoms with Crippen molar-refractivity contribution in [2.75, 3.05) is 13.7 Å². The number of hydrogen-bond acceptors (Lipinski definition) is 7. The third-order valence-electron chi connectivity index (χ3n) is 8.45. The van der Waals surface area contributed by atoms with Crippen LogP contribution in [-0.2, 0) is 23.9 Å². The molecule has 2 N–H and O–H groups in total. The van der Waals surface area contributed by atoms with Gasteiger partial charge in [-0.2, -0.15) is 0 Å². The first kappa shape index (κ1) is 30.5. The molecule has 9 heteroatoms. The highest BCUT2D eigenvalue weighted by Crippen LogP contribution is 2.46. The van der Waals surface area contributed by atoms with Crippen LogP contribution in [0.3, 0.4) is 0 Å². The molecular weight excluding hydrogens is 524 g/mol. The number of aromatic nitrogens is 1. The number of aromatic amines is 1. The van der Waals surface area contributed by atoms with Gasteiger partial charge in [0.15, 0.2) is 18.2 Å². The van der Waals surface area contributed by atoms with Gasteiger partial charge in [-0.3, -0.25) is 24.0 Å². The number of nitrogens with one attached hydrogen (secondary N) is 2. The number of methoxy groups -OCH3 is 1. The quantitative estimate of drug-likeness (QED) is 0.244. The minimum atomic E-state index is -0.975. The summed E-state index contributed by atoms with van der Waals surface area (Å²) < 4.78 is 10.7. The largest absolute Gasteiger partial charge is 0.496 e. The number of fused-ring (bicyclic) bond motifs is 1. The molecule has 0 spiro atoms. The number of H-pyrrole nitrogens is 1. The van der Waals surface area contributed by atoms with Gasteiger partial charge >= 0.3 is 5.97 Å². The molecule has 222 valence electrons. The van der Waals surface area contributed by atoms with E-state index in [-0.39, 0.29) is 36.2 Å². The van der Waals surface area contributed by atoms with Crippen LogP contribution >= 0.6 is 0 Å². The van der Waals surface area contributed by atoms with Crippen molar-refractivity contribution in [3.05, 3.63) is 30.0 Å². The normalized spacial score (nSPS) is 19.4. The second-order valence-corrected chi connectivity index (χ2v) is 12.4. The van der Waals surface area contributed by atoms with Crippen molar-refractivity contribution >= 4 is 40.1 Å². The molecule has 2 aliphatic rings. The molecule has 2 saturated carbocycles. The summed E-state index contributed by atoms with van der Waals surface area (Å²) in [6, 6.07) is 6.26. The molecule has 41 heavy (non-hydrogen) atoms. The molecule has 9 nitrogen and oxygen atoms in total. The van der Waals surface area contributed by atoms with E-state index in [1.807, 2.05) is 32.0 Å². The molecule has 4 rings (SSSR count). The molecule has 1 aromatic carbocycles. The van der Waals surface area contributed by atoms with Gasteiger partial charge in [0.2, 0.25) is 5.91 Å². The highest BCUT2D eigenvalue weighted by molar-refractivity contribution is 6.02. The molecule has 1 heterocycles. The van der Waals surface area contributed by atoms with Crippen LogP contribution in [0.25, 0.3) is 10.9 Å². The van der Waals surface area contributed by atoms with Gasteiger partial charge in [0.05, 0.1) is 24.3 Å². The van der Waals surface area contributed by atoms with Gasteiger partial charge in [0.1, 0.15) is 11.5 Å². The minimum absolute atomic E-state index is 0.0459. The number of rotatable bonds is 14. The van der Waals surface area contributed by atoms with E-state index in [1.165, 1.54) is 0 Å². The lowest BCUT2D eigenvalue weighted by atomic mass is 9.82. The van der Waals surface area contributed by atoms with Crippen LogP contribution < -0.4 is 10.1 Å². The van der Waals surface area contributed by atoms with E-state index in [4.69, 9.17) is 9.47 Å². The second kappa shape index (κ2) is 13.0. The Kier molecular flexibility index (Phi) is 9.66. The number of amides is 1. The first-order valence-corrected chi connectivity index (χ1v) is 14.7. The molecule has 2 aliphatic carbocycles. The van der Waals surface area contributed by atoms with Crippen molar-refractivity contribution in [3.63, 3.8) is 0 Å². The van der Waals surface area contributed by atoms with Crippen molar-refractivity contribution in [2.24, 2.45) is 23.2 Å². The first-order chi connectivity index (χ1) is 19.5. The Labute approximate surface area is 241 Å². The van der Waals surface area contributed by atoms with E-state index in [9.17, 15) is 24.0 Å². The Bertz CT molecular complexity index is 1310. The van der Waals surface area contributed by atoms with Crippen LogP contribution in [0.15, 0.2) is 24.3 Å². The molecule has 1 amide bonds. The van der Waals surface area contributed by atoms with Crippen LogP contribution in [0.1, 0.15) is 89.0 Å². The Morgan fingerprint density at radius 2 is 1.90 bits per heavy atom. The summed E-state index contributed by atoms with van der Waals surface area (Å²) in [7, 11) is 1.57. The zero-order valence-corrected chi connectivity index (χ0v) is 24.5. The molecule has 0 bridgehead atoms. The van der Waals surface area contributed by atoms with Crippen molar-refractivity contribution in [2.45, 2.75) is 84.6 Å². The standard InChI is InChI=1S/C32H42N2O7/c1-19(2)14-21(16-27(36)25-17-22-23(33-25)9-7-11-29(22)40-4)30(38)34-24(15-20-8-5-6-10-26(20)35)28(37)18-41-31(39)32(3)12-13-32/h7,9,11,17,19-21,24,33H,5-6,8,10,12-16,18H2,1-4H3,(H,34,38)/t20-,21+,24-/m0/s1. The second-order valence-electron chi connectivity index (χ2n) is 12.4. The highest BCUT2D eigenvalue weighted by atomic mass is 16.5. The van der Waals surface area contributed by atoms with Crippen molar-refractivity contribution in [1.29, 1.82) is 0 Å². The fourth-order valence-corrected chi connectivity index (χ4v) is 5.59. The predicted molar refractivity (Wildman–Crippen MR) is 154 cm³/mol. The van der Waals surface area contributed by atoms with E-state index < -0.39 is 41.6 Å². The third kappa shape index (κ3) is 7.63. The average molecular weight is 567 g/mol. The number of hydrogen-bond donors (Lipinski definition) is 2. The third-order valence-corrected chi connectivity index (χ3v) is 8.45. The number of Topliss-reactive ketones (excluding diaryl/α,β-unsaturated/α-hetero) is 3. The fraction of sp³-hybridized carbons (Fsp3) is 0.594. The van der Waals surface area contributed by atoms with Crippen LogP contribution in [0.4, 0.5) is 0 Å². The summed E-state index contributed by atoms with van der Waals surface area (Å²) in [5.41, 5.74) is 0.607. The maximum Gasteiger partial charge on any atom is 0.312 e. The maximum absolute atomic E-state index is 13.6. The van der Waals surface area contributed by atoms with Crippen molar-refractivity contribution in [1.82, 2.24) is 10.3 Å². The number of ether oxygens (including phenoxy) is 2. The lowest BCUT2D eigenvalue weighted by Crippen LogP contribution is -2.47. The van der Waals surface area contributed by atoms with E-state index in [0.717, 1.165) is 36.6 Å². The van der Waals surface area contributed by atoms with Crippen molar-refractivity contribution < 1.29 is 33.4 Å². The van der Waals surface area contributed by atoms with Crippen LogP contribution in [0.2, 0.25) is 0 Å². The van der Waals surface area contributed by atoms with Gasteiger partial charge < -0.3 is 19.8 Å². The number of carbonyl (C=O) groups is 5.